The lowest BCUT2D eigenvalue weighted by Crippen LogP contribution is -2.07. The maximum Gasteiger partial charge on any atom is 0.150 e. The Morgan fingerprint density at radius 3 is 2.58 bits per heavy atom. The first-order valence-electron chi connectivity index (χ1n) is 5.65. The molecule has 0 amide bonds. The van der Waals surface area contributed by atoms with Crippen molar-refractivity contribution in [3.8, 4) is 5.75 Å². The Balaban J connectivity index is 2.04. The Kier molecular flexibility index (Phi) is 4.76. The van der Waals surface area contributed by atoms with Gasteiger partial charge in [0.25, 0.3) is 0 Å². The number of aromatic nitrogens is 2. The topological polar surface area (TPSA) is 44.1 Å². The summed E-state index contributed by atoms with van der Waals surface area (Å²) < 4.78 is 9.20. The lowest BCUT2D eigenvalue weighted by molar-refractivity contribution is 0.112. The number of carbonyl (C=O) groups is 1. The molecule has 0 bridgehead atoms. The first-order chi connectivity index (χ1) is 9.11. The average molecular weight is 388 g/mol. The molecule has 0 N–H and O–H groups in total. The molecule has 1 heterocycles. The Labute approximate surface area is 128 Å². The summed E-state index contributed by atoms with van der Waals surface area (Å²) in [6.07, 6.45) is 5.19. The summed E-state index contributed by atoms with van der Waals surface area (Å²) in [6, 6.07) is 3.46. The highest BCUT2D eigenvalue weighted by molar-refractivity contribution is 9.11. The van der Waals surface area contributed by atoms with Gasteiger partial charge in [0.05, 0.1) is 15.6 Å². The van der Waals surface area contributed by atoms with Crippen molar-refractivity contribution in [3.05, 3.63) is 44.9 Å². The second-order valence-electron chi connectivity index (χ2n) is 3.98. The van der Waals surface area contributed by atoms with Crippen LogP contribution in [0.2, 0.25) is 0 Å². The van der Waals surface area contributed by atoms with Gasteiger partial charge in [-0.1, -0.05) is 0 Å². The molecule has 0 spiro atoms. The lowest BCUT2D eigenvalue weighted by atomic mass is 10.2. The van der Waals surface area contributed by atoms with Crippen molar-refractivity contribution in [2.45, 2.75) is 6.42 Å². The number of carbonyl (C=O) groups excluding carboxylic acids is 1. The molecule has 1 aromatic heterocycles. The number of ether oxygens (including phenoxy) is 1. The second kappa shape index (κ2) is 6.34. The summed E-state index contributed by atoms with van der Waals surface area (Å²) >= 11 is 6.79. The molecule has 6 heteroatoms. The zero-order valence-electron chi connectivity index (χ0n) is 10.3. The van der Waals surface area contributed by atoms with Crippen molar-refractivity contribution >= 4 is 38.1 Å². The molecule has 0 atom stereocenters. The molecular formula is C13H12Br2N2O2. The highest BCUT2D eigenvalue weighted by Gasteiger charge is 2.09. The smallest absolute Gasteiger partial charge is 0.150 e. The minimum atomic E-state index is 0.516. The van der Waals surface area contributed by atoms with Gasteiger partial charge in [0.15, 0.2) is 0 Å². The Morgan fingerprint density at radius 2 is 2.05 bits per heavy atom. The van der Waals surface area contributed by atoms with Gasteiger partial charge < -0.3 is 9.30 Å². The SMILES string of the molecule is Cn1ccnc1CCOc1c(Br)cc(C=O)cc1Br. The molecular weight excluding hydrogens is 376 g/mol. The van der Waals surface area contributed by atoms with Crippen molar-refractivity contribution < 1.29 is 9.53 Å². The van der Waals surface area contributed by atoms with E-state index in [2.05, 4.69) is 36.8 Å². The van der Waals surface area contributed by atoms with E-state index in [-0.39, 0.29) is 0 Å². The van der Waals surface area contributed by atoms with Crippen LogP contribution in [0.5, 0.6) is 5.75 Å². The fraction of sp³-hybridized carbons (Fsp3) is 0.231. The Bertz CT molecular complexity index is 573. The maximum atomic E-state index is 10.7. The number of hydrogen-bond acceptors (Lipinski definition) is 3. The predicted molar refractivity (Wildman–Crippen MR) is 79.6 cm³/mol. The standard InChI is InChI=1S/C13H12Br2N2O2/c1-17-4-3-16-12(17)2-5-19-13-10(14)6-9(8-18)7-11(13)15/h3-4,6-8H,2,5H2,1H3. The Morgan fingerprint density at radius 1 is 1.37 bits per heavy atom. The zero-order chi connectivity index (χ0) is 13.8. The van der Waals surface area contributed by atoms with Gasteiger partial charge in [-0.05, 0) is 44.0 Å². The van der Waals surface area contributed by atoms with Crippen LogP contribution in [0, 0.1) is 0 Å². The van der Waals surface area contributed by atoms with Crippen molar-refractivity contribution in [1.29, 1.82) is 0 Å². The van der Waals surface area contributed by atoms with Crippen LogP contribution in [0.1, 0.15) is 16.2 Å². The largest absolute Gasteiger partial charge is 0.491 e. The molecule has 0 saturated heterocycles. The van der Waals surface area contributed by atoms with E-state index in [0.717, 1.165) is 27.5 Å². The highest BCUT2D eigenvalue weighted by Crippen LogP contribution is 2.34. The molecule has 0 fully saturated rings. The van der Waals surface area contributed by atoms with Gasteiger partial charge >= 0.3 is 0 Å². The first-order valence-corrected chi connectivity index (χ1v) is 7.23. The highest BCUT2D eigenvalue weighted by atomic mass is 79.9. The third-order valence-electron chi connectivity index (χ3n) is 2.65. The van der Waals surface area contributed by atoms with E-state index in [1.165, 1.54) is 0 Å². The third kappa shape index (κ3) is 3.45. The molecule has 0 saturated carbocycles. The quantitative estimate of drug-likeness (QED) is 0.738. The third-order valence-corrected chi connectivity index (χ3v) is 3.83. The molecule has 0 unspecified atom stereocenters. The number of aryl methyl sites for hydroxylation is 1. The van der Waals surface area contributed by atoms with E-state index in [1.54, 1.807) is 18.3 Å². The minimum Gasteiger partial charge on any atom is -0.491 e. The molecule has 0 aliphatic heterocycles. The first kappa shape index (κ1) is 14.3. The predicted octanol–water partition coefficient (Wildman–Crippen LogP) is 3.38. The summed E-state index contributed by atoms with van der Waals surface area (Å²) in [5.41, 5.74) is 0.593. The number of imidazole rings is 1. The summed E-state index contributed by atoms with van der Waals surface area (Å²) in [6.45, 7) is 0.516. The van der Waals surface area contributed by atoms with Gasteiger partial charge in [-0.25, -0.2) is 4.98 Å². The number of benzene rings is 1. The molecule has 2 aromatic rings. The fourth-order valence-corrected chi connectivity index (χ4v) is 3.12. The van der Waals surface area contributed by atoms with E-state index < -0.39 is 0 Å². The normalized spacial score (nSPS) is 10.5. The van der Waals surface area contributed by atoms with Crippen LogP contribution < -0.4 is 4.74 Å². The molecule has 4 nitrogen and oxygen atoms in total. The minimum absolute atomic E-state index is 0.516. The van der Waals surface area contributed by atoms with Crippen LogP contribution >= 0.6 is 31.9 Å². The molecule has 0 aliphatic carbocycles. The van der Waals surface area contributed by atoms with Crippen LogP contribution in [0.15, 0.2) is 33.5 Å². The van der Waals surface area contributed by atoms with Crippen molar-refractivity contribution in [3.63, 3.8) is 0 Å². The van der Waals surface area contributed by atoms with Crippen LogP contribution in [-0.4, -0.2) is 22.4 Å². The molecule has 19 heavy (non-hydrogen) atoms. The van der Waals surface area contributed by atoms with Gasteiger partial charge in [-0.15, -0.1) is 0 Å². The van der Waals surface area contributed by atoms with Gasteiger partial charge in [0, 0.05) is 31.4 Å². The van der Waals surface area contributed by atoms with Crippen molar-refractivity contribution in [2.24, 2.45) is 7.05 Å². The van der Waals surface area contributed by atoms with Crippen LogP contribution in [0.25, 0.3) is 0 Å². The summed E-state index contributed by atoms with van der Waals surface area (Å²) in [7, 11) is 1.95. The van der Waals surface area contributed by atoms with Gasteiger partial charge in [-0.2, -0.15) is 0 Å². The van der Waals surface area contributed by atoms with E-state index in [0.29, 0.717) is 17.9 Å². The number of nitrogens with zero attached hydrogens (tertiary/aromatic N) is 2. The zero-order valence-corrected chi connectivity index (χ0v) is 13.4. The fourth-order valence-electron chi connectivity index (χ4n) is 1.67. The summed E-state index contributed by atoms with van der Waals surface area (Å²) in [5, 5.41) is 0. The van der Waals surface area contributed by atoms with Crippen LogP contribution in [0.3, 0.4) is 0 Å². The van der Waals surface area contributed by atoms with Crippen LogP contribution in [-0.2, 0) is 13.5 Å². The maximum absolute atomic E-state index is 10.7. The van der Waals surface area contributed by atoms with Crippen molar-refractivity contribution in [1.82, 2.24) is 9.55 Å². The number of halogens is 2. The van der Waals surface area contributed by atoms with Gasteiger partial charge in [0.2, 0.25) is 0 Å². The monoisotopic (exact) mass is 386 g/mol. The molecule has 2 rings (SSSR count). The molecule has 0 aliphatic rings. The van der Waals surface area contributed by atoms with Gasteiger partial charge in [0.1, 0.15) is 17.9 Å². The van der Waals surface area contributed by atoms with Crippen molar-refractivity contribution in [2.75, 3.05) is 6.61 Å². The van der Waals surface area contributed by atoms with Gasteiger partial charge in [-0.3, -0.25) is 4.79 Å². The summed E-state index contributed by atoms with van der Waals surface area (Å²) in [5.74, 6) is 1.66. The average Bonchev–Trinajstić information content (AvgIpc) is 2.78. The van der Waals surface area contributed by atoms with Crippen LogP contribution in [0.4, 0.5) is 0 Å². The van der Waals surface area contributed by atoms with E-state index in [9.17, 15) is 4.79 Å². The van der Waals surface area contributed by atoms with E-state index in [1.807, 2.05) is 17.8 Å². The lowest BCUT2D eigenvalue weighted by Gasteiger charge is -2.10. The molecule has 1 aromatic carbocycles. The number of rotatable bonds is 5. The van der Waals surface area contributed by atoms with E-state index in [4.69, 9.17) is 4.74 Å². The summed E-state index contributed by atoms with van der Waals surface area (Å²) in [4.78, 5) is 15.0. The number of hydrogen-bond donors (Lipinski definition) is 0. The Hall–Kier alpha value is -1.14. The molecule has 0 radical (unpaired) electrons. The number of aldehydes is 1. The molecule has 100 valence electrons. The van der Waals surface area contributed by atoms with E-state index >= 15 is 0 Å². The second-order valence-corrected chi connectivity index (χ2v) is 5.69.